The van der Waals surface area contributed by atoms with Gasteiger partial charge in [-0.05, 0) is 26.3 Å². The lowest BCUT2D eigenvalue weighted by atomic mass is 9.83. The van der Waals surface area contributed by atoms with Gasteiger partial charge in [0.15, 0.2) is 0 Å². The number of halogens is 1. The highest BCUT2D eigenvalue weighted by Crippen LogP contribution is 2.39. The molecule has 0 aliphatic rings. The Morgan fingerprint density at radius 2 is 2.00 bits per heavy atom. The topological polar surface area (TPSA) is 81.8 Å². The van der Waals surface area contributed by atoms with E-state index in [-0.39, 0.29) is 0 Å². The number of methoxy groups -OCH3 is 2. The normalized spacial score (nSPS) is 12.9. The average molecular weight is 346 g/mol. The van der Waals surface area contributed by atoms with Gasteiger partial charge >= 0.3 is 5.97 Å². The highest BCUT2D eigenvalue weighted by molar-refractivity contribution is 9.10. The van der Waals surface area contributed by atoms with Crippen LogP contribution in [-0.4, -0.2) is 25.3 Å². The molecule has 1 atom stereocenters. The SMILES string of the molecule is COc1cc(Br)c(C(N)CC(C)(C)C(=O)O)c(OC)c1. The third kappa shape index (κ3) is 3.64. The number of benzene rings is 1. The lowest BCUT2D eigenvalue weighted by Gasteiger charge is -2.25. The quantitative estimate of drug-likeness (QED) is 0.828. The number of nitrogens with two attached hydrogens (primary N) is 1. The molecule has 0 bridgehead atoms. The molecule has 1 unspecified atom stereocenters. The maximum absolute atomic E-state index is 11.2. The van der Waals surface area contributed by atoms with E-state index in [0.717, 1.165) is 10.0 Å². The van der Waals surface area contributed by atoms with Crippen LogP contribution in [0.15, 0.2) is 16.6 Å². The lowest BCUT2D eigenvalue weighted by Crippen LogP contribution is -2.29. The fourth-order valence-corrected chi connectivity index (χ4v) is 2.67. The average Bonchev–Trinajstić information content (AvgIpc) is 2.36. The number of carbonyl (C=O) groups is 1. The first-order valence-corrected chi connectivity index (χ1v) is 6.92. The van der Waals surface area contributed by atoms with Crippen molar-refractivity contribution < 1.29 is 19.4 Å². The second-order valence-electron chi connectivity index (χ2n) is 5.22. The molecule has 1 rings (SSSR count). The van der Waals surface area contributed by atoms with Crippen molar-refractivity contribution in [3.63, 3.8) is 0 Å². The summed E-state index contributed by atoms with van der Waals surface area (Å²) in [7, 11) is 3.11. The van der Waals surface area contributed by atoms with Crippen LogP contribution in [0.4, 0.5) is 0 Å². The molecule has 0 aromatic heterocycles. The van der Waals surface area contributed by atoms with Crippen molar-refractivity contribution in [2.75, 3.05) is 14.2 Å². The molecule has 0 saturated heterocycles. The Morgan fingerprint density at radius 1 is 1.40 bits per heavy atom. The molecule has 6 heteroatoms. The van der Waals surface area contributed by atoms with Gasteiger partial charge in [0.25, 0.3) is 0 Å². The van der Waals surface area contributed by atoms with Crippen molar-refractivity contribution in [2.45, 2.75) is 26.3 Å². The van der Waals surface area contributed by atoms with Crippen molar-refractivity contribution in [3.8, 4) is 11.5 Å². The highest BCUT2D eigenvalue weighted by atomic mass is 79.9. The second kappa shape index (κ2) is 6.45. The lowest BCUT2D eigenvalue weighted by molar-refractivity contribution is -0.147. The molecule has 0 spiro atoms. The molecule has 1 aromatic carbocycles. The maximum Gasteiger partial charge on any atom is 0.309 e. The number of carboxylic acids is 1. The molecule has 0 aliphatic carbocycles. The Bertz CT molecular complexity index is 502. The van der Waals surface area contributed by atoms with Gasteiger partial charge < -0.3 is 20.3 Å². The first kappa shape index (κ1) is 16.8. The molecular formula is C14H20BrNO4. The number of carboxylic acid groups (broad SMARTS) is 1. The van der Waals surface area contributed by atoms with Crippen molar-refractivity contribution in [1.82, 2.24) is 0 Å². The van der Waals surface area contributed by atoms with Crippen molar-refractivity contribution in [2.24, 2.45) is 11.1 Å². The van der Waals surface area contributed by atoms with E-state index in [1.54, 1.807) is 40.2 Å². The first-order chi connectivity index (χ1) is 9.22. The predicted molar refractivity (Wildman–Crippen MR) is 80.2 cm³/mol. The highest BCUT2D eigenvalue weighted by Gasteiger charge is 2.31. The zero-order valence-corrected chi connectivity index (χ0v) is 13.7. The summed E-state index contributed by atoms with van der Waals surface area (Å²) in [6.07, 6.45) is 0.295. The molecule has 0 amide bonds. The molecule has 20 heavy (non-hydrogen) atoms. The third-order valence-electron chi connectivity index (χ3n) is 3.20. The predicted octanol–water partition coefficient (Wildman–Crippen LogP) is 2.97. The first-order valence-electron chi connectivity index (χ1n) is 6.13. The Morgan fingerprint density at radius 3 is 2.45 bits per heavy atom. The van der Waals surface area contributed by atoms with Crippen LogP contribution >= 0.6 is 15.9 Å². The summed E-state index contributed by atoms with van der Waals surface area (Å²) in [5, 5.41) is 9.20. The molecule has 0 saturated carbocycles. The zero-order chi connectivity index (χ0) is 15.5. The molecule has 0 fully saturated rings. The van der Waals surface area contributed by atoms with Gasteiger partial charge in [0.2, 0.25) is 0 Å². The number of hydrogen-bond donors (Lipinski definition) is 2. The fourth-order valence-electron chi connectivity index (χ4n) is 1.95. The zero-order valence-electron chi connectivity index (χ0n) is 12.1. The Kier molecular flexibility index (Phi) is 5.42. The largest absolute Gasteiger partial charge is 0.497 e. The molecule has 5 nitrogen and oxygen atoms in total. The molecule has 0 aliphatic heterocycles. The molecule has 0 radical (unpaired) electrons. The van der Waals surface area contributed by atoms with Crippen LogP contribution in [0.25, 0.3) is 0 Å². The Hall–Kier alpha value is -1.27. The van der Waals surface area contributed by atoms with Crippen LogP contribution in [0.5, 0.6) is 11.5 Å². The van der Waals surface area contributed by atoms with Crippen LogP contribution in [0, 0.1) is 5.41 Å². The number of hydrogen-bond acceptors (Lipinski definition) is 4. The maximum atomic E-state index is 11.2. The van der Waals surface area contributed by atoms with Crippen molar-refractivity contribution in [1.29, 1.82) is 0 Å². The molecule has 3 N–H and O–H groups in total. The minimum absolute atomic E-state index is 0.295. The fraction of sp³-hybridized carbons (Fsp3) is 0.500. The van der Waals surface area contributed by atoms with E-state index in [1.165, 1.54) is 0 Å². The van der Waals surface area contributed by atoms with Gasteiger partial charge in [-0.3, -0.25) is 4.79 Å². The minimum Gasteiger partial charge on any atom is -0.497 e. The van der Waals surface area contributed by atoms with Gasteiger partial charge in [-0.2, -0.15) is 0 Å². The van der Waals surface area contributed by atoms with E-state index in [4.69, 9.17) is 15.2 Å². The number of ether oxygens (including phenoxy) is 2. The van der Waals surface area contributed by atoms with Crippen LogP contribution < -0.4 is 15.2 Å². The molecule has 112 valence electrons. The number of rotatable bonds is 6. The van der Waals surface area contributed by atoms with E-state index in [9.17, 15) is 9.90 Å². The monoisotopic (exact) mass is 345 g/mol. The van der Waals surface area contributed by atoms with E-state index < -0.39 is 17.4 Å². The molecular weight excluding hydrogens is 326 g/mol. The molecule has 0 heterocycles. The standard InChI is InChI=1S/C14H20BrNO4/c1-14(2,13(17)18)7-10(16)12-9(15)5-8(19-3)6-11(12)20-4/h5-6,10H,7,16H2,1-4H3,(H,17,18). The number of aliphatic carboxylic acids is 1. The summed E-state index contributed by atoms with van der Waals surface area (Å²) in [5.41, 5.74) is 6.00. The van der Waals surface area contributed by atoms with Crippen LogP contribution in [-0.2, 0) is 4.79 Å². The van der Waals surface area contributed by atoms with E-state index in [2.05, 4.69) is 15.9 Å². The van der Waals surface area contributed by atoms with Gasteiger partial charge in [0, 0.05) is 22.1 Å². The summed E-state index contributed by atoms with van der Waals surface area (Å²) >= 11 is 3.44. The second-order valence-corrected chi connectivity index (χ2v) is 6.08. The van der Waals surface area contributed by atoms with E-state index in [1.807, 2.05) is 0 Å². The third-order valence-corrected chi connectivity index (χ3v) is 3.86. The van der Waals surface area contributed by atoms with Gasteiger partial charge in [0.1, 0.15) is 11.5 Å². The summed E-state index contributed by atoms with van der Waals surface area (Å²) in [4.78, 5) is 11.2. The van der Waals surface area contributed by atoms with E-state index >= 15 is 0 Å². The summed E-state index contributed by atoms with van der Waals surface area (Å²) in [5.74, 6) is 0.337. The Balaban J connectivity index is 3.15. The molecule has 1 aromatic rings. The summed E-state index contributed by atoms with van der Waals surface area (Å²) < 4.78 is 11.2. The van der Waals surface area contributed by atoms with Crippen LogP contribution in [0.3, 0.4) is 0 Å². The van der Waals surface area contributed by atoms with Crippen LogP contribution in [0.2, 0.25) is 0 Å². The van der Waals surface area contributed by atoms with Crippen molar-refractivity contribution in [3.05, 3.63) is 22.2 Å². The van der Waals surface area contributed by atoms with Crippen molar-refractivity contribution >= 4 is 21.9 Å². The smallest absolute Gasteiger partial charge is 0.309 e. The summed E-state index contributed by atoms with van der Waals surface area (Å²) in [6, 6.07) is 3.05. The van der Waals surface area contributed by atoms with Gasteiger partial charge in [-0.15, -0.1) is 0 Å². The van der Waals surface area contributed by atoms with Crippen LogP contribution in [0.1, 0.15) is 31.9 Å². The Labute approximate surface area is 127 Å². The van der Waals surface area contributed by atoms with Gasteiger partial charge in [-0.25, -0.2) is 0 Å². The minimum atomic E-state index is -0.913. The van der Waals surface area contributed by atoms with Gasteiger partial charge in [0.05, 0.1) is 19.6 Å². The van der Waals surface area contributed by atoms with E-state index in [0.29, 0.717) is 17.9 Å². The summed E-state index contributed by atoms with van der Waals surface area (Å²) in [6.45, 7) is 3.30. The van der Waals surface area contributed by atoms with Gasteiger partial charge in [-0.1, -0.05) is 15.9 Å².